The molecular weight excluding hydrogens is 180 g/mol. The van der Waals surface area contributed by atoms with Crippen LogP contribution in [0, 0.1) is 11.8 Å². The van der Waals surface area contributed by atoms with Gasteiger partial charge in [-0.15, -0.1) is 11.8 Å². The number of nitrogens with zero attached hydrogens (tertiary/aromatic N) is 1. The Hall–Kier alpha value is -1.50. The summed E-state index contributed by atoms with van der Waals surface area (Å²) in [6, 6.07) is -0.366. The van der Waals surface area contributed by atoms with E-state index in [0.29, 0.717) is 13.0 Å². The molecule has 14 heavy (non-hydrogen) atoms. The summed E-state index contributed by atoms with van der Waals surface area (Å²) in [5.74, 6) is 5.51. The molecule has 0 aromatic heterocycles. The fourth-order valence-electron chi connectivity index (χ4n) is 1.39. The molecule has 1 heterocycles. The molecule has 2 amide bonds. The first-order valence-corrected chi connectivity index (χ1v) is 4.63. The molecule has 1 saturated heterocycles. The minimum Gasteiger partial charge on any atom is -0.345 e. The van der Waals surface area contributed by atoms with Crippen molar-refractivity contribution in [1.29, 1.82) is 0 Å². The molecule has 0 bridgehead atoms. The Kier molecular flexibility index (Phi) is 3.52. The smallest absolute Gasteiger partial charge is 0.242 e. The van der Waals surface area contributed by atoms with E-state index in [2.05, 4.69) is 17.2 Å². The molecule has 0 aromatic rings. The molecule has 1 aliphatic rings. The van der Waals surface area contributed by atoms with Crippen LogP contribution in [0.3, 0.4) is 0 Å². The van der Waals surface area contributed by atoms with Gasteiger partial charge in [0.2, 0.25) is 11.8 Å². The molecule has 1 rings (SSSR count). The van der Waals surface area contributed by atoms with Crippen molar-refractivity contribution in [2.75, 3.05) is 13.1 Å². The Balaban J connectivity index is 2.57. The Labute approximate surface area is 83.6 Å². The summed E-state index contributed by atoms with van der Waals surface area (Å²) in [5, 5.41) is 2.54. The number of carbonyl (C=O) groups is 2. The van der Waals surface area contributed by atoms with E-state index in [-0.39, 0.29) is 24.4 Å². The molecule has 0 spiro atoms. The maximum atomic E-state index is 11.4. The van der Waals surface area contributed by atoms with E-state index in [1.165, 1.54) is 0 Å². The minimum atomic E-state index is -0.366. The van der Waals surface area contributed by atoms with Crippen LogP contribution in [-0.4, -0.2) is 35.8 Å². The van der Waals surface area contributed by atoms with Crippen LogP contribution >= 0.6 is 0 Å². The molecule has 0 aliphatic carbocycles. The van der Waals surface area contributed by atoms with Crippen molar-refractivity contribution < 1.29 is 9.59 Å². The molecule has 0 radical (unpaired) electrons. The molecule has 0 saturated carbocycles. The van der Waals surface area contributed by atoms with Crippen molar-refractivity contribution in [3.8, 4) is 11.8 Å². The van der Waals surface area contributed by atoms with Gasteiger partial charge in [0, 0.05) is 13.0 Å². The van der Waals surface area contributed by atoms with Gasteiger partial charge in [-0.05, 0) is 13.8 Å². The van der Waals surface area contributed by atoms with Crippen molar-refractivity contribution in [3.63, 3.8) is 0 Å². The Morgan fingerprint density at radius 1 is 1.57 bits per heavy atom. The van der Waals surface area contributed by atoms with Crippen LogP contribution in [0.1, 0.15) is 20.3 Å². The highest BCUT2D eigenvalue weighted by molar-refractivity contribution is 5.94. The maximum Gasteiger partial charge on any atom is 0.242 e. The molecule has 4 nitrogen and oxygen atoms in total. The lowest BCUT2D eigenvalue weighted by Gasteiger charge is -2.32. The van der Waals surface area contributed by atoms with Gasteiger partial charge in [-0.2, -0.15) is 0 Å². The number of carbonyl (C=O) groups excluding carboxylic acids is 2. The average molecular weight is 194 g/mol. The highest BCUT2D eigenvalue weighted by atomic mass is 16.2. The predicted octanol–water partition coefficient (Wildman–Crippen LogP) is -0.253. The van der Waals surface area contributed by atoms with Crippen molar-refractivity contribution in [1.82, 2.24) is 10.2 Å². The van der Waals surface area contributed by atoms with E-state index in [9.17, 15) is 9.59 Å². The second-order valence-electron chi connectivity index (χ2n) is 3.16. The van der Waals surface area contributed by atoms with E-state index in [1.807, 2.05) is 0 Å². The molecular formula is C10H14N2O2. The molecule has 0 aromatic carbocycles. The third kappa shape index (κ3) is 2.25. The Bertz CT molecular complexity index is 301. The molecule has 76 valence electrons. The fraction of sp³-hybridized carbons (Fsp3) is 0.600. The first-order chi connectivity index (χ1) is 6.66. The zero-order valence-electron chi connectivity index (χ0n) is 8.46. The van der Waals surface area contributed by atoms with E-state index in [4.69, 9.17) is 0 Å². The van der Waals surface area contributed by atoms with Crippen LogP contribution < -0.4 is 5.32 Å². The van der Waals surface area contributed by atoms with Crippen molar-refractivity contribution >= 4 is 11.8 Å². The predicted molar refractivity (Wildman–Crippen MR) is 52.3 cm³/mol. The molecule has 1 N–H and O–H groups in total. The number of hydrogen-bond donors (Lipinski definition) is 1. The number of amides is 2. The number of hydrogen-bond acceptors (Lipinski definition) is 2. The second-order valence-corrected chi connectivity index (χ2v) is 3.16. The van der Waals surface area contributed by atoms with Gasteiger partial charge in [0.15, 0.2) is 0 Å². The summed E-state index contributed by atoms with van der Waals surface area (Å²) in [6.07, 6.45) is 0.625. The normalized spacial score (nSPS) is 21.3. The zero-order chi connectivity index (χ0) is 10.6. The standard InChI is InChI=1S/C10H14N2O2/c1-3-4-5-6-12-8(2)10(14)11-7-9(12)13/h8H,5-7H2,1-2H3,(H,11,14). The van der Waals surface area contributed by atoms with Crippen LogP contribution in [0.4, 0.5) is 0 Å². The van der Waals surface area contributed by atoms with E-state index in [0.717, 1.165) is 0 Å². The molecule has 1 fully saturated rings. The number of nitrogens with one attached hydrogen (secondary N) is 1. The summed E-state index contributed by atoms with van der Waals surface area (Å²) in [4.78, 5) is 24.2. The highest BCUT2D eigenvalue weighted by Crippen LogP contribution is 2.05. The monoisotopic (exact) mass is 194 g/mol. The lowest BCUT2D eigenvalue weighted by molar-refractivity contribution is -0.144. The summed E-state index contributed by atoms with van der Waals surface area (Å²) >= 11 is 0. The summed E-state index contributed by atoms with van der Waals surface area (Å²) < 4.78 is 0. The first kappa shape index (κ1) is 10.6. The van der Waals surface area contributed by atoms with Gasteiger partial charge in [-0.25, -0.2) is 0 Å². The second kappa shape index (κ2) is 4.66. The quantitative estimate of drug-likeness (QED) is 0.616. The number of piperazine rings is 1. The van der Waals surface area contributed by atoms with Crippen LogP contribution in [0.2, 0.25) is 0 Å². The third-order valence-electron chi connectivity index (χ3n) is 2.24. The summed E-state index contributed by atoms with van der Waals surface area (Å²) in [6.45, 7) is 4.14. The zero-order valence-corrected chi connectivity index (χ0v) is 8.46. The summed E-state index contributed by atoms with van der Waals surface area (Å²) in [7, 11) is 0. The van der Waals surface area contributed by atoms with Crippen LogP contribution in [-0.2, 0) is 9.59 Å². The molecule has 1 atom stereocenters. The molecule has 1 unspecified atom stereocenters. The van der Waals surface area contributed by atoms with Gasteiger partial charge >= 0.3 is 0 Å². The van der Waals surface area contributed by atoms with Gasteiger partial charge in [-0.3, -0.25) is 9.59 Å². The van der Waals surface area contributed by atoms with E-state index >= 15 is 0 Å². The van der Waals surface area contributed by atoms with Gasteiger partial charge in [0.05, 0.1) is 6.54 Å². The third-order valence-corrected chi connectivity index (χ3v) is 2.24. The Morgan fingerprint density at radius 2 is 2.29 bits per heavy atom. The van der Waals surface area contributed by atoms with Gasteiger partial charge in [-0.1, -0.05) is 0 Å². The van der Waals surface area contributed by atoms with Crippen LogP contribution in [0.5, 0.6) is 0 Å². The van der Waals surface area contributed by atoms with Gasteiger partial charge < -0.3 is 10.2 Å². The summed E-state index contributed by atoms with van der Waals surface area (Å²) in [5.41, 5.74) is 0. The van der Waals surface area contributed by atoms with E-state index < -0.39 is 0 Å². The highest BCUT2D eigenvalue weighted by Gasteiger charge is 2.29. The molecule has 4 heteroatoms. The minimum absolute atomic E-state index is 0.0324. The molecule has 1 aliphatic heterocycles. The van der Waals surface area contributed by atoms with Crippen molar-refractivity contribution in [2.24, 2.45) is 0 Å². The maximum absolute atomic E-state index is 11.4. The largest absolute Gasteiger partial charge is 0.345 e. The lowest BCUT2D eigenvalue weighted by atomic mass is 10.2. The Morgan fingerprint density at radius 3 is 2.93 bits per heavy atom. The first-order valence-electron chi connectivity index (χ1n) is 4.63. The fourth-order valence-corrected chi connectivity index (χ4v) is 1.39. The van der Waals surface area contributed by atoms with Crippen molar-refractivity contribution in [3.05, 3.63) is 0 Å². The van der Waals surface area contributed by atoms with Gasteiger partial charge in [0.1, 0.15) is 6.04 Å². The number of rotatable bonds is 2. The van der Waals surface area contributed by atoms with Gasteiger partial charge in [0.25, 0.3) is 0 Å². The van der Waals surface area contributed by atoms with E-state index in [1.54, 1.807) is 18.7 Å². The van der Waals surface area contributed by atoms with Crippen molar-refractivity contribution in [2.45, 2.75) is 26.3 Å². The topological polar surface area (TPSA) is 49.4 Å². The SMILES string of the molecule is CC#CCCN1C(=O)CNC(=O)C1C. The van der Waals surface area contributed by atoms with Crippen LogP contribution in [0.15, 0.2) is 0 Å². The average Bonchev–Trinajstić information content (AvgIpc) is 2.18. The lowest BCUT2D eigenvalue weighted by Crippen LogP contribution is -2.57. The van der Waals surface area contributed by atoms with Crippen LogP contribution in [0.25, 0.3) is 0 Å².